The summed E-state index contributed by atoms with van der Waals surface area (Å²) in [6.07, 6.45) is 3.26. The van der Waals surface area contributed by atoms with Gasteiger partial charge in [-0.15, -0.1) is 6.58 Å². The molecule has 0 spiro atoms. The number of carbonyl (C=O) groups is 2. The summed E-state index contributed by atoms with van der Waals surface area (Å²) in [5.74, 6) is -0.665. The molecule has 0 aliphatic carbocycles. The average molecular weight is 519 g/mol. The Morgan fingerprint density at radius 2 is 1.92 bits per heavy atom. The van der Waals surface area contributed by atoms with Crippen LogP contribution in [0.3, 0.4) is 0 Å². The van der Waals surface area contributed by atoms with Gasteiger partial charge in [0.1, 0.15) is 18.1 Å². The summed E-state index contributed by atoms with van der Waals surface area (Å²) in [5, 5.41) is 2.71. The van der Waals surface area contributed by atoms with Crippen molar-refractivity contribution in [3.05, 3.63) is 108 Å². The van der Waals surface area contributed by atoms with Gasteiger partial charge in [0.05, 0.1) is 23.5 Å². The van der Waals surface area contributed by atoms with Crippen LogP contribution in [-0.2, 0) is 4.79 Å². The Labute approximate surface area is 218 Å². The molecule has 0 radical (unpaired) electrons. The van der Waals surface area contributed by atoms with Crippen molar-refractivity contribution in [3.8, 4) is 22.7 Å². The molecule has 0 unspecified atom stereocenters. The number of nitrogens with one attached hydrogen (secondary N) is 1. The van der Waals surface area contributed by atoms with E-state index < -0.39 is 11.7 Å². The van der Waals surface area contributed by atoms with Crippen LogP contribution < -0.4 is 10.1 Å². The average Bonchev–Trinajstić information content (AvgIpc) is 3.33. The molecule has 0 atom stereocenters. The first-order valence-corrected chi connectivity index (χ1v) is 11.7. The topological polar surface area (TPSA) is 76.5 Å². The second kappa shape index (κ2) is 11.5. The molecular formula is C28H24ClFN4O3. The molecule has 2 amide bonds. The quantitative estimate of drug-likeness (QED) is 0.292. The Hall–Kier alpha value is -4.43. The Bertz CT molecular complexity index is 1440. The van der Waals surface area contributed by atoms with Crippen LogP contribution in [0.2, 0.25) is 5.02 Å². The van der Waals surface area contributed by atoms with Crippen LogP contribution in [0.5, 0.6) is 5.75 Å². The number of methoxy groups -OCH3 is 1. The minimum atomic E-state index is -0.560. The lowest BCUT2D eigenvalue weighted by molar-refractivity contribution is -0.116. The fourth-order valence-corrected chi connectivity index (χ4v) is 3.87. The predicted octanol–water partition coefficient (Wildman–Crippen LogP) is 5.61. The number of halogens is 2. The zero-order chi connectivity index (χ0) is 26.4. The van der Waals surface area contributed by atoms with Crippen molar-refractivity contribution in [3.63, 3.8) is 0 Å². The van der Waals surface area contributed by atoms with Crippen molar-refractivity contribution in [2.24, 2.45) is 0 Å². The highest BCUT2D eigenvalue weighted by atomic mass is 35.5. The van der Waals surface area contributed by atoms with Gasteiger partial charge in [-0.2, -0.15) is 0 Å². The molecule has 0 bridgehead atoms. The molecule has 188 valence electrons. The maximum atomic E-state index is 13.8. The van der Waals surface area contributed by atoms with Crippen LogP contribution in [-0.4, -0.2) is 46.5 Å². The SMILES string of the molecule is C=CCN(CC(=O)Nc1nc(-c2ccccc2)cn1-c1ccc(F)c(Cl)c1)C(=O)c1cccc(OC)c1. The minimum absolute atomic E-state index is 0.0641. The molecule has 1 N–H and O–H groups in total. The molecule has 0 fully saturated rings. The van der Waals surface area contributed by atoms with E-state index in [0.717, 1.165) is 5.56 Å². The summed E-state index contributed by atoms with van der Waals surface area (Å²) in [6.45, 7) is 3.60. The molecular weight excluding hydrogens is 495 g/mol. The van der Waals surface area contributed by atoms with Crippen LogP contribution in [0.25, 0.3) is 16.9 Å². The lowest BCUT2D eigenvalue weighted by Crippen LogP contribution is -2.38. The van der Waals surface area contributed by atoms with E-state index in [2.05, 4.69) is 16.9 Å². The van der Waals surface area contributed by atoms with Crippen molar-refractivity contribution >= 4 is 29.4 Å². The van der Waals surface area contributed by atoms with E-state index >= 15 is 0 Å². The zero-order valence-electron chi connectivity index (χ0n) is 20.0. The Morgan fingerprint density at radius 3 is 2.62 bits per heavy atom. The van der Waals surface area contributed by atoms with Crippen molar-refractivity contribution in [2.75, 3.05) is 25.5 Å². The van der Waals surface area contributed by atoms with Crippen LogP contribution in [0.15, 0.2) is 91.6 Å². The molecule has 4 rings (SSSR count). The Balaban J connectivity index is 1.62. The molecule has 0 saturated carbocycles. The van der Waals surface area contributed by atoms with Crippen LogP contribution in [0, 0.1) is 5.82 Å². The number of carbonyl (C=O) groups excluding carboxylic acids is 2. The van der Waals surface area contributed by atoms with Gasteiger partial charge in [0.25, 0.3) is 5.91 Å². The second-order valence-corrected chi connectivity index (χ2v) is 8.45. The number of aromatic nitrogens is 2. The minimum Gasteiger partial charge on any atom is -0.497 e. The van der Waals surface area contributed by atoms with Gasteiger partial charge in [0, 0.05) is 23.9 Å². The van der Waals surface area contributed by atoms with E-state index in [0.29, 0.717) is 22.7 Å². The number of imidazole rings is 1. The zero-order valence-corrected chi connectivity index (χ0v) is 20.8. The van der Waals surface area contributed by atoms with Gasteiger partial charge in [0.2, 0.25) is 11.9 Å². The van der Waals surface area contributed by atoms with E-state index in [1.165, 1.54) is 30.2 Å². The molecule has 4 aromatic rings. The molecule has 3 aromatic carbocycles. The largest absolute Gasteiger partial charge is 0.497 e. The number of hydrogen-bond acceptors (Lipinski definition) is 4. The van der Waals surface area contributed by atoms with Crippen molar-refractivity contribution in [1.82, 2.24) is 14.5 Å². The normalized spacial score (nSPS) is 10.6. The summed E-state index contributed by atoms with van der Waals surface area (Å²) < 4.78 is 20.6. The molecule has 1 heterocycles. The monoisotopic (exact) mass is 518 g/mol. The summed E-state index contributed by atoms with van der Waals surface area (Å²) in [5.41, 5.74) is 2.30. The van der Waals surface area contributed by atoms with Crippen LogP contribution >= 0.6 is 11.6 Å². The van der Waals surface area contributed by atoms with Gasteiger partial charge in [-0.05, 0) is 36.4 Å². The summed E-state index contributed by atoms with van der Waals surface area (Å²) in [7, 11) is 1.51. The number of hydrogen-bond donors (Lipinski definition) is 1. The fourth-order valence-electron chi connectivity index (χ4n) is 3.70. The first kappa shape index (κ1) is 25.7. The first-order valence-electron chi connectivity index (χ1n) is 11.3. The Morgan fingerprint density at radius 1 is 1.14 bits per heavy atom. The number of amides is 2. The Kier molecular flexibility index (Phi) is 8.00. The van der Waals surface area contributed by atoms with Crippen LogP contribution in [0.1, 0.15) is 10.4 Å². The van der Waals surface area contributed by atoms with E-state index in [4.69, 9.17) is 16.3 Å². The number of nitrogens with zero attached hydrogens (tertiary/aromatic N) is 3. The van der Waals surface area contributed by atoms with E-state index in [1.807, 2.05) is 30.3 Å². The van der Waals surface area contributed by atoms with Crippen LogP contribution in [0.4, 0.5) is 10.3 Å². The molecule has 0 aliphatic rings. The van der Waals surface area contributed by atoms with Gasteiger partial charge < -0.3 is 9.64 Å². The van der Waals surface area contributed by atoms with E-state index in [-0.39, 0.29) is 30.0 Å². The molecule has 37 heavy (non-hydrogen) atoms. The second-order valence-electron chi connectivity index (χ2n) is 8.04. The van der Waals surface area contributed by atoms with E-state index in [1.54, 1.807) is 41.1 Å². The molecule has 9 heteroatoms. The van der Waals surface area contributed by atoms with Gasteiger partial charge in [0.15, 0.2) is 0 Å². The highest BCUT2D eigenvalue weighted by Gasteiger charge is 2.21. The number of rotatable bonds is 9. The number of anilines is 1. The molecule has 0 saturated heterocycles. The van der Waals surface area contributed by atoms with Gasteiger partial charge in [-0.25, -0.2) is 9.37 Å². The first-order chi connectivity index (χ1) is 17.9. The predicted molar refractivity (Wildman–Crippen MR) is 142 cm³/mol. The highest BCUT2D eigenvalue weighted by molar-refractivity contribution is 6.30. The smallest absolute Gasteiger partial charge is 0.254 e. The third kappa shape index (κ3) is 6.05. The fraction of sp³-hybridized carbons (Fsp3) is 0.107. The summed E-state index contributed by atoms with van der Waals surface area (Å²) in [6, 6.07) is 20.3. The van der Waals surface area contributed by atoms with Crippen molar-refractivity contribution in [2.45, 2.75) is 0 Å². The third-order valence-electron chi connectivity index (χ3n) is 5.50. The summed E-state index contributed by atoms with van der Waals surface area (Å²) >= 11 is 6.01. The van der Waals surface area contributed by atoms with Gasteiger partial charge >= 0.3 is 0 Å². The maximum absolute atomic E-state index is 13.8. The standard InChI is InChI=1S/C28H24ClFN4O3/c1-3-14-33(27(36)20-10-7-11-22(15-20)37-2)18-26(35)32-28-31-25(19-8-5-4-6-9-19)17-34(28)21-12-13-24(30)23(29)16-21/h3-13,15-17H,1,14,18H2,2H3,(H,31,32,35). The van der Waals surface area contributed by atoms with Gasteiger partial charge in [-0.3, -0.25) is 19.5 Å². The van der Waals surface area contributed by atoms with E-state index in [9.17, 15) is 14.0 Å². The van der Waals surface area contributed by atoms with Crippen molar-refractivity contribution in [1.29, 1.82) is 0 Å². The molecule has 1 aromatic heterocycles. The molecule has 7 nitrogen and oxygen atoms in total. The molecule has 0 aliphatic heterocycles. The lowest BCUT2D eigenvalue weighted by atomic mass is 10.2. The van der Waals surface area contributed by atoms with Gasteiger partial charge in [-0.1, -0.05) is 54.1 Å². The maximum Gasteiger partial charge on any atom is 0.254 e. The lowest BCUT2D eigenvalue weighted by Gasteiger charge is -2.21. The summed E-state index contributed by atoms with van der Waals surface area (Å²) in [4.78, 5) is 32.2. The van der Waals surface area contributed by atoms with Crippen molar-refractivity contribution < 1.29 is 18.7 Å². The number of ether oxygens (including phenoxy) is 1. The highest BCUT2D eigenvalue weighted by Crippen LogP contribution is 2.26. The number of benzene rings is 3. The third-order valence-corrected chi connectivity index (χ3v) is 5.79.